The van der Waals surface area contributed by atoms with Gasteiger partial charge in [-0.15, -0.1) is 0 Å². The van der Waals surface area contributed by atoms with Crippen LogP contribution in [0.5, 0.6) is 0 Å². The molecule has 6 nitrogen and oxygen atoms in total. The lowest BCUT2D eigenvalue weighted by Gasteiger charge is -2.18. The van der Waals surface area contributed by atoms with Crippen molar-refractivity contribution in [3.05, 3.63) is 29.3 Å². The number of nitrogens with one attached hydrogen (secondary N) is 2. The second-order valence-electron chi connectivity index (χ2n) is 5.26. The minimum Gasteiger partial charge on any atom is -0.478 e. The first-order valence-electron chi connectivity index (χ1n) is 7.13. The fourth-order valence-electron chi connectivity index (χ4n) is 2.39. The third-order valence-corrected chi connectivity index (χ3v) is 3.55. The van der Waals surface area contributed by atoms with Crippen LogP contribution in [0.15, 0.2) is 18.2 Å². The van der Waals surface area contributed by atoms with Gasteiger partial charge in [-0.1, -0.05) is 6.07 Å². The summed E-state index contributed by atoms with van der Waals surface area (Å²) in [6.45, 7) is 5.69. The van der Waals surface area contributed by atoms with Gasteiger partial charge in [0.15, 0.2) is 0 Å². The van der Waals surface area contributed by atoms with Gasteiger partial charge in [-0.3, -0.25) is 9.69 Å². The second-order valence-corrected chi connectivity index (χ2v) is 5.26. The number of benzene rings is 1. The van der Waals surface area contributed by atoms with Crippen LogP contribution in [0.3, 0.4) is 0 Å². The zero-order chi connectivity index (χ0) is 15.2. The molecule has 1 heterocycles. The standard InChI is InChI=1S/C15H21N3O3/c1-11-3-4-12(9-13(11)15(20)21)17-14(19)10-18-7-2-5-16-6-8-18/h3-4,9,16H,2,5-8,10H2,1H3,(H,17,19)(H,20,21). The SMILES string of the molecule is Cc1ccc(NC(=O)CN2CCCNCC2)cc1C(=O)O. The van der Waals surface area contributed by atoms with Crippen molar-refractivity contribution in [3.63, 3.8) is 0 Å². The Bertz CT molecular complexity index is 523. The van der Waals surface area contributed by atoms with E-state index in [1.54, 1.807) is 19.1 Å². The smallest absolute Gasteiger partial charge is 0.336 e. The first-order chi connectivity index (χ1) is 10.1. The van der Waals surface area contributed by atoms with E-state index in [-0.39, 0.29) is 11.5 Å². The number of anilines is 1. The van der Waals surface area contributed by atoms with Crippen LogP contribution in [0.1, 0.15) is 22.3 Å². The molecule has 1 amide bonds. The summed E-state index contributed by atoms with van der Waals surface area (Å²) in [6.07, 6.45) is 1.03. The third-order valence-electron chi connectivity index (χ3n) is 3.55. The molecule has 0 radical (unpaired) electrons. The molecule has 1 aliphatic rings. The van der Waals surface area contributed by atoms with Crippen molar-refractivity contribution in [2.24, 2.45) is 0 Å². The molecular weight excluding hydrogens is 270 g/mol. The monoisotopic (exact) mass is 291 g/mol. The summed E-state index contributed by atoms with van der Waals surface area (Å²) in [5.74, 6) is -1.10. The van der Waals surface area contributed by atoms with Crippen molar-refractivity contribution >= 4 is 17.6 Å². The molecule has 0 atom stereocenters. The molecule has 3 N–H and O–H groups in total. The molecule has 0 spiro atoms. The van der Waals surface area contributed by atoms with Crippen molar-refractivity contribution < 1.29 is 14.7 Å². The minimum absolute atomic E-state index is 0.114. The van der Waals surface area contributed by atoms with Crippen molar-refractivity contribution in [2.45, 2.75) is 13.3 Å². The van der Waals surface area contributed by atoms with Crippen molar-refractivity contribution in [2.75, 3.05) is 38.0 Å². The van der Waals surface area contributed by atoms with Crippen LogP contribution in [-0.2, 0) is 4.79 Å². The summed E-state index contributed by atoms with van der Waals surface area (Å²) < 4.78 is 0. The average molecular weight is 291 g/mol. The predicted octanol–water partition coefficient (Wildman–Crippen LogP) is 0.927. The van der Waals surface area contributed by atoms with E-state index in [0.717, 1.165) is 32.6 Å². The molecule has 21 heavy (non-hydrogen) atoms. The Labute approximate surface area is 124 Å². The van der Waals surface area contributed by atoms with E-state index in [0.29, 0.717) is 17.8 Å². The highest BCUT2D eigenvalue weighted by atomic mass is 16.4. The van der Waals surface area contributed by atoms with Gasteiger partial charge in [0, 0.05) is 18.8 Å². The molecule has 0 aliphatic carbocycles. The molecule has 1 aliphatic heterocycles. The minimum atomic E-state index is -0.984. The summed E-state index contributed by atoms with van der Waals surface area (Å²) in [4.78, 5) is 25.2. The zero-order valence-corrected chi connectivity index (χ0v) is 12.2. The van der Waals surface area contributed by atoms with E-state index in [1.807, 2.05) is 0 Å². The Kier molecular flexibility index (Phi) is 5.30. The van der Waals surface area contributed by atoms with E-state index >= 15 is 0 Å². The summed E-state index contributed by atoms with van der Waals surface area (Å²) in [5, 5.41) is 15.1. The third kappa shape index (κ3) is 4.54. The summed E-state index contributed by atoms with van der Waals surface area (Å²) >= 11 is 0. The van der Waals surface area contributed by atoms with E-state index < -0.39 is 5.97 Å². The van der Waals surface area contributed by atoms with Crippen molar-refractivity contribution in [3.8, 4) is 0 Å². The van der Waals surface area contributed by atoms with Crippen LogP contribution in [0.4, 0.5) is 5.69 Å². The maximum Gasteiger partial charge on any atom is 0.336 e. The molecule has 2 rings (SSSR count). The molecule has 1 saturated heterocycles. The van der Waals surface area contributed by atoms with Crippen LogP contribution in [0.25, 0.3) is 0 Å². The number of carbonyl (C=O) groups is 2. The number of aromatic carboxylic acids is 1. The largest absolute Gasteiger partial charge is 0.478 e. The fraction of sp³-hybridized carbons (Fsp3) is 0.467. The molecular formula is C15H21N3O3. The highest BCUT2D eigenvalue weighted by Crippen LogP contribution is 2.15. The first kappa shape index (κ1) is 15.5. The number of rotatable bonds is 4. The molecule has 1 aromatic carbocycles. The number of carboxylic acid groups (broad SMARTS) is 1. The Morgan fingerprint density at radius 3 is 2.90 bits per heavy atom. The van der Waals surface area contributed by atoms with Gasteiger partial charge in [-0.25, -0.2) is 4.79 Å². The Morgan fingerprint density at radius 2 is 2.14 bits per heavy atom. The van der Waals surface area contributed by atoms with Crippen molar-refractivity contribution in [1.29, 1.82) is 0 Å². The van der Waals surface area contributed by atoms with E-state index in [4.69, 9.17) is 5.11 Å². The number of aryl methyl sites for hydroxylation is 1. The summed E-state index contributed by atoms with van der Waals surface area (Å²) in [5.41, 5.74) is 1.42. The molecule has 0 bridgehead atoms. The molecule has 6 heteroatoms. The Balaban J connectivity index is 1.95. The van der Waals surface area contributed by atoms with Crippen LogP contribution < -0.4 is 10.6 Å². The molecule has 114 valence electrons. The van der Waals surface area contributed by atoms with Crippen LogP contribution >= 0.6 is 0 Å². The van der Waals surface area contributed by atoms with Gasteiger partial charge in [-0.05, 0) is 44.1 Å². The zero-order valence-electron chi connectivity index (χ0n) is 12.2. The maximum absolute atomic E-state index is 12.0. The summed E-state index contributed by atoms with van der Waals surface area (Å²) in [6, 6.07) is 4.93. The van der Waals surface area contributed by atoms with Crippen molar-refractivity contribution in [1.82, 2.24) is 10.2 Å². The number of carboxylic acids is 1. The van der Waals surface area contributed by atoms with Gasteiger partial charge in [0.2, 0.25) is 5.91 Å². The first-order valence-corrected chi connectivity index (χ1v) is 7.13. The molecule has 0 saturated carbocycles. The molecule has 0 aromatic heterocycles. The number of carbonyl (C=O) groups excluding carboxylic acids is 1. The van der Waals surface area contributed by atoms with Gasteiger partial charge in [0.25, 0.3) is 0 Å². The number of amides is 1. The predicted molar refractivity (Wildman–Crippen MR) is 80.7 cm³/mol. The summed E-state index contributed by atoms with van der Waals surface area (Å²) in [7, 11) is 0. The topological polar surface area (TPSA) is 81.7 Å². The lowest BCUT2D eigenvalue weighted by molar-refractivity contribution is -0.117. The van der Waals surface area contributed by atoms with Gasteiger partial charge in [-0.2, -0.15) is 0 Å². The number of hydrogen-bond acceptors (Lipinski definition) is 4. The normalized spacial score (nSPS) is 16.2. The highest BCUT2D eigenvalue weighted by Gasteiger charge is 2.14. The van der Waals surface area contributed by atoms with Gasteiger partial charge in [0.1, 0.15) is 0 Å². The Morgan fingerprint density at radius 1 is 1.33 bits per heavy atom. The molecule has 0 unspecified atom stereocenters. The quantitative estimate of drug-likeness (QED) is 0.769. The van der Waals surface area contributed by atoms with Gasteiger partial charge < -0.3 is 15.7 Å². The fourth-order valence-corrected chi connectivity index (χ4v) is 2.39. The molecule has 1 aromatic rings. The second kappa shape index (κ2) is 7.19. The average Bonchev–Trinajstić information content (AvgIpc) is 2.69. The number of hydrogen-bond donors (Lipinski definition) is 3. The molecule has 1 fully saturated rings. The maximum atomic E-state index is 12.0. The van der Waals surface area contributed by atoms with Crippen LogP contribution in [0, 0.1) is 6.92 Å². The van der Waals surface area contributed by atoms with Crippen LogP contribution in [-0.4, -0.2) is 54.6 Å². The van der Waals surface area contributed by atoms with Gasteiger partial charge >= 0.3 is 5.97 Å². The van der Waals surface area contributed by atoms with Crippen LogP contribution in [0.2, 0.25) is 0 Å². The van der Waals surface area contributed by atoms with E-state index in [1.165, 1.54) is 6.07 Å². The van der Waals surface area contributed by atoms with E-state index in [2.05, 4.69) is 15.5 Å². The lowest BCUT2D eigenvalue weighted by Crippen LogP contribution is -2.35. The lowest BCUT2D eigenvalue weighted by atomic mass is 10.1. The Hall–Kier alpha value is -1.92. The van der Waals surface area contributed by atoms with Gasteiger partial charge in [0.05, 0.1) is 12.1 Å². The number of nitrogens with zero attached hydrogens (tertiary/aromatic N) is 1. The van der Waals surface area contributed by atoms with E-state index in [9.17, 15) is 9.59 Å². The highest BCUT2D eigenvalue weighted by molar-refractivity contribution is 5.95.